The van der Waals surface area contributed by atoms with E-state index >= 15 is 0 Å². The van der Waals surface area contributed by atoms with Gasteiger partial charge in [-0.3, -0.25) is 9.48 Å². The fourth-order valence-corrected chi connectivity index (χ4v) is 2.97. The molecule has 3 rings (SSSR count). The topological polar surface area (TPSA) is 39.8 Å². The average Bonchev–Trinajstić information content (AvgIpc) is 2.83. The Hall–Kier alpha value is -1.63. The van der Waals surface area contributed by atoms with Crippen molar-refractivity contribution in [3.63, 3.8) is 0 Å². The first-order chi connectivity index (χ1) is 10.1. The lowest BCUT2D eigenvalue weighted by atomic mass is 10.2. The lowest BCUT2D eigenvalue weighted by Gasteiger charge is -2.06. The van der Waals surface area contributed by atoms with Gasteiger partial charge in [-0.25, -0.2) is 0 Å². The van der Waals surface area contributed by atoms with Crippen molar-refractivity contribution in [3.8, 4) is 0 Å². The van der Waals surface area contributed by atoms with Crippen LogP contribution in [0.4, 0.5) is 0 Å². The second kappa shape index (κ2) is 5.63. The van der Waals surface area contributed by atoms with E-state index in [1.807, 2.05) is 29.9 Å². The van der Waals surface area contributed by atoms with E-state index in [-0.39, 0.29) is 5.56 Å². The van der Waals surface area contributed by atoms with E-state index in [1.54, 1.807) is 10.6 Å². The van der Waals surface area contributed by atoms with E-state index in [9.17, 15) is 4.79 Å². The van der Waals surface area contributed by atoms with Crippen LogP contribution >= 0.6 is 22.6 Å². The van der Waals surface area contributed by atoms with Crippen molar-refractivity contribution in [2.75, 3.05) is 0 Å². The van der Waals surface area contributed by atoms with Crippen LogP contribution in [-0.2, 0) is 13.1 Å². The molecule has 0 aliphatic heterocycles. The van der Waals surface area contributed by atoms with Gasteiger partial charge in [-0.05, 0) is 48.1 Å². The number of aryl methyl sites for hydroxylation is 2. The molecule has 0 saturated carbocycles. The summed E-state index contributed by atoms with van der Waals surface area (Å²) in [5, 5.41) is 5.76. The van der Waals surface area contributed by atoms with E-state index in [0.29, 0.717) is 6.54 Å². The van der Waals surface area contributed by atoms with Gasteiger partial charge in [0.25, 0.3) is 5.56 Å². The van der Waals surface area contributed by atoms with Crippen molar-refractivity contribution in [3.05, 3.63) is 61.7 Å². The van der Waals surface area contributed by atoms with Gasteiger partial charge in [0.05, 0.1) is 17.8 Å². The first-order valence-corrected chi connectivity index (χ1v) is 7.99. The molecule has 0 atom stereocenters. The molecule has 21 heavy (non-hydrogen) atoms. The molecule has 4 nitrogen and oxygen atoms in total. The minimum Gasteiger partial charge on any atom is -0.308 e. The van der Waals surface area contributed by atoms with Gasteiger partial charge >= 0.3 is 0 Å². The Labute approximate surface area is 136 Å². The monoisotopic (exact) mass is 393 g/mol. The second-order valence-corrected chi connectivity index (χ2v) is 6.21. The summed E-state index contributed by atoms with van der Waals surface area (Å²) in [6.45, 7) is 5.35. The molecule has 5 heteroatoms. The van der Waals surface area contributed by atoms with E-state index in [0.717, 1.165) is 32.3 Å². The van der Waals surface area contributed by atoms with Crippen molar-refractivity contribution in [1.29, 1.82) is 0 Å². The Morgan fingerprint density at radius 3 is 2.81 bits per heavy atom. The highest BCUT2D eigenvalue weighted by Crippen LogP contribution is 2.19. The van der Waals surface area contributed by atoms with Gasteiger partial charge in [0.2, 0.25) is 0 Å². The molecular weight excluding hydrogens is 377 g/mol. The van der Waals surface area contributed by atoms with Crippen molar-refractivity contribution in [1.82, 2.24) is 14.3 Å². The number of halogens is 1. The third-order valence-electron chi connectivity index (χ3n) is 3.62. The number of hydrogen-bond donors (Lipinski definition) is 0. The smallest absolute Gasteiger partial charge is 0.251 e. The minimum absolute atomic E-state index is 0.0167. The summed E-state index contributed by atoms with van der Waals surface area (Å²) in [7, 11) is 0. The van der Waals surface area contributed by atoms with Gasteiger partial charge in [-0.15, -0.1) is 0 Å². The normalized spacial score (nSPS) is 11.2. The molecule has 3 aromatic rings. The van der Waals surface area contributed by atoms with Gasteiger partial charge in [-0.2, -0.15) is 5.10 Å². The van der Waals surface area contributed by atoms with Gasteiger partial charge in [-0.1, -0.05) is 18.2 Å². The molecule has 0 bridgehead atoms. The van der Waals surface area contributed by atoms with Crippen LogP contribution < -0.4 is 5.56 Å². The molecule has 0 saturated heterocycles. The molecule has 2 heterocycles. The van der Waals surface area contributed by atoms with Crippen LogP contribution in [0, 0.1) is 10.5 Å². The highest BCUT2D eigenvalue weighted by molar-refractivity contribution is 14.1. The highest BCUT2D eigenvalue weighted by atomic mass is 127. The lowest BCUT2D eigenvalue weighted by molar-refractivity contribution is 0.647. The largest absolute Gasteiger partial charge is 0.308 e. The first-order valence-electron chi connectivity index (χ1n) is 6.91. The molecule has 0 spiro atoms. The minimum atomic E-state index is 0.0167. The number of rotatable bonds is 3. The molecule has 0 amide bonds. The van der Waals surface area contributed by atoms with Crippen molar-refractivity contribution in [2.45, 2.75) is 26.9 Å². The van der Waals surface area contributed by atoms with Gasteiger partial charge in [0.1, 0.15) is 0 Å². The van der Waals surface area contributed by atoms with Crippen molar-refractivity contribution >= 4 is 33.5 Å². The maximum absolute atomic E-state index is 12.1. The van der Waals surface area contributed by atoms with Crippen molar-refractivity contribution < 1.29 is 0 Å². The predicted molar refractivity (Wildman–Crippen MR) is 92.7 cm³/mol. The number of nitrogens with zero attached hydrogens (tertiary/aromatic N) is 3. The number of benzene rings is 1. The molecule has 1 aromatic carbocycles. The summed E-state index contributed by atoms with van der Waals surface area (Å²) in [5.41, 5.74) is 3.09. The number of aromatic nitrogens is 3. The summed E-state index contributed by atoms with van der Waals surface area (Å²) >= 11 is 2.25. The Morgan fingerprint density at radius 2 is 2.05 bits per heavy atom. The Balaban J connectivity index is 2.10. The molecule has 0 aliphatic carbocycles. The average molecular weight is 393 g/mol. The van der Waals surface area contributed by atoms with Gasteiger partial charge < -0.3 is 4.57 Å². The third kappa shape index (κ3) is 2.62. The van der Waals surface area contributed by atoms with Gasteiger partial charge in [0.15, 0.2) is 0 Å². The number of hydrogen-bond acceptors (Lipinski definition) is 2. The molecule has 0 radical (unpaired) electrons. The third-order valence-corrected chi connectivity index (χ3v) is 4.75. The summed E-state index contributed by atoms with van der Waals surface area (Å²) < 4.78 is 4.80. The fourth-order valence-electron chi connectivity index (χ4n) is 2.48. The summed E-state index contributed by atoms with van der Waals surface area (Å²) in [4.78, 5) is 12.1. The zero-order valence-corrected chi connectivity index (χ0v) is 14.2. The van der Waals surface area contributed by atoms with E-state index < -0.39 is 0 Å². The summed E-state index contributed by atoms with van der Waals surface area (Å²) in [6, 6.07) is 9.84. The van der Waals surface area contributed by atoms with Crippen molar-refractivity contribution in [2.24, 2.45) is 0 Å². The molecule has 0 N–H and O–H groups in total. The van der Waals surface area contributed by atoms with E-state index in [1.165, 1.54) is 0 Å². The SMILES string of the molecule is CCn1nc(Cn2cc(I)c(C)cc2=O)c2ccccc21. The van der Waals surface area contributed by atoms with Crippen LogP contribution in [0.25, 0.3) is 10.9 Å². The maximum Gasteiger partial charge on any atom is 0.251 e. The molecule has 0 aliphatic rings. The molecule has 108 valence electrons. The molecule has 2 aromatic heterocycles. The Morgan fingerprint density at radius 1 is 1.29 bits per heavy atom. The van der Waals surface area contributed by atoms with E-state index in [4.69, 9.17) is 0 Å². The van der Waals surface area contributed by atoms with Gasteiger partial charge in [0, 0.05) is 27.8 Å². The maximum atomic E-state index is 12.1. The summed E-state index contributed by atoms with van der Waals surface area (Å²) in [5.74, 6) is 0. The van der Waals surface area contributed by atoms with Crippen LogP contribution in [0.2, 0.25) is 0 Å². The van der Waals surface area contributed by atoms with Crippen LogP contribution in [0.3, 0.4) is 0 Å². The zero-order valence-electron chi connectivity index (χ0n) is 12.0. The number of pyridine rings is 1. The van der Waals surface area contributed by atoms with E-state index in [2.05, 4.69) is 46.7 Å². The molecular formula is C16H16IN3O. The van der Waals surface area contributed by atoms with Crippen LogP contribution in [-0.4, -0.2) is 14.3 Å². The predicted octanol–water partition coefficient (Wildman–Crippen LogP) is 3.18. The quantitative estimate of drug-likeness (QED) is 0.642. The molecule has 0 unspecified atom stereocenters. The number of para-hydroxylation sites is 1. The van der Waals surface area contributed by atoms with Crippen LogP contribution in [0.15, 0.2) is 41.3 Å². The Bertz CT molecular complexity index is 864. The summed E-state index contributed by atoms with van der Waals surface area (Å²) in [6.07, 6.45) is 1.90. The zero-order chi connectivity index (χ0) is 15.0. The standard InChI is InChI=1S/C16H16IN3O/c1-3-20-15-7-5-4-6-12(15)14(18-20)10-19-9-13(17)11(2)8-16(19)21/h4-9H,3,10H2,1-2H3. The van der Waals surface area contributed by atoms with Crippen LogP contribution in [0.5, 0.6) is 0 Å². The first kappa shape index (κ1) is 14.3. The second-order valence-electron chi connectivity index (χ2n) is 5.05. The lowest BCUT2D eigenvalue weighted by Crippen LogP contribution is -2.20. The number of fused-ring (bicyclic) bond motifs is 1. The van der Waals surface area contributed by atoms with Crippen LogP contribution in [0.1, 0.15) is 18.2 Å². The fraction of sp³-hybridized carbons (Fsp3) is 0.250. The molecule has 0 fully saturated rings. The highest BCUT2D eigenvalue weighted by Gasteiger charge is 2.11. The Kier molecular flexibility index (Phi) is 3.84.